The molecule has 0 unspecified atom stereocenters. The number of nitrogens with zero attached hydrogens (tertiary/aromatic N) is 4. The summed E-state index contributed by atoms with van der Waals surface area (Å²) < 4.78 is 33.9. The van der Waals surface area contributed by atoms with E-state index in [1.165, 1.54) is 18.3 Å². The molecular weight excluding hydrogens is 370 g/mol. The fourth-order valence-corrected chi connectivity index (χ4v) is 3.40. The van der Waals surface area contributed by atoms with Crippen LogP contribution in [-0.2, 0) is 16.6 Å². The van der Waals surface area contributed by atoms with Crippen molar-refractivity contribution in [2.24, 2.45) is 0 Å². The van der Waals surface area contributed by atoms with Crippen LogP contribution in [0.25, 0.3) is 0 Å². The molecule has 0 atom stereocenters. The number of nitrogens with one attached hydrogen (secondary N) is 1. The maximum atomic E-state index is 12.5. The second-order valence-electron chi connectivity index (χ2n) is 5.47. The normalized spacial score (nSPS) is 11.1. The highest BCUT2D eigenvalue weighted by molar-refractivity contribution is 7.90. The number of carbonyl (C=O) groups is 1. The summed E-state index contributed by atoms with van der Waals surface area (Å²) in [5.74, 6) is -0.794. The van der Waals surface area contributed by atoms with Crippen molar-refractivity contribution >= 4 is 15.9 Å². The van der Waals surface area contributed by atoms with E-state index >= 15 is 0 Å². The number of amides is 1. The molecule has 1 aromatic carbocycles. The van der Waals surface area contributed by atoms with E-state index < -0.39 is 15.9 Å². The third-order valence-corrected chi connectivity index (χ3v) is 4.91. The topological polar surface area (TPSA) is 116 Å². The Hall–Kier alpha value is -3.27. The molecule has 140 valence electrons. The minimum absolute atomic E-state index is 0.0523. The van der Waals surface area contributed by atoms with Gasteiger partial charge in [0.25, 0.3) is 15.9 Å². The van der Waals surface area contributed by atoms with Crippen molar-refractivity contribution < 1.29 is 17.9 Å². The number of benzene rings is 1. The molecule has 9 nitrogen and oxygen atoms in total. The molecule has 0 fully saturated rings. The van der Waals surface area contributed by atoms with E-state index in [1.807, 2.05) is 4.72 Å². The van der Waals surface area contributed by atoms with Crippen LogP contribution in [0.15, 0.2) is 59.9 Å². The molecule has 27 heavy (non-hydrogen) atoms. The van der Waals surface area contributed by atoms with Crippen molar-refractivity contribution in [2.75, 3.05) is 6.61 Å². The van der Waals surface area contributed by atoms with E-state index in [1.54, 1.807) is 48.3 Å². The van der Waals surface area contributed by atoms with E-state index in [4.69, 9.17) is 4.74 Å². The molecule has 0 saturated heterocycles. The average Bonchev–Trinajstić information content (AvgIpc) is 3.15. The van der Waals surface area contributed by atoms with Crippen LogP contribution < -0.4 is 9.46 Å². The third-order valence-electron chi connectivity index (χ3n) is 3.57. The molecule has 2 heterocycles. The first-order valence-electron chi connectivity index (χ1n) is 8.07. The SMILES string of the molecule is CCOc1ncccc1S(=O)(=O)NC(=O)c1ccc(Cn2ccnn2)cc1. The number of hydrogen-bond acceptors (Lipinski definition) is 7. The van der Waals surface area contributed by atoms with E-state index in [0.29, 0.717) is 6.54 Å². The first kappa shape index (κ1) is 18.5. The van der Waals surface area contributed by atoms with Gasteiger partial charge >= 0.3 is 0 Å². The summed E-state index contributed by atoms with van der Waals surface area (Å²) in [4.78, 5) is 16.1. The quantitative estimate of drug-likeness (QED) is 0.648. The Kier molecular flexibility index (Phi) is 5.46. The Morgan fingerprint density at radius 2 is 1.96 bits per heavy atom. The van der Waals surface area contributed by atoms with Gasteiger partial charge in [0.1, 0.15) is 4.90 Å². The van der Waals surface area contributed by atoms with Gasteiger partial charge in [-0.2, -0.15) is 0 Å². The van der Waals surface area contributed by atoms with Crippen molar-refractivity contribution in [3.05, 3.63) is 66.1 Å². The van der Waals surface area contributed by atoms with Gasteiger partial charge in [0.05, 0.1) is 19.3 Å². The molecule has 0 bridgehead atoms. The van der Waals surface area contributed by atoms with Gasteiger partial charge in [0.15, 0.2) is 0 Å². The third kappa shape index (κ3) is 4.47. The van der Waals surface area contributed by atoms with Crippen LogP contribution in [0.3, 0.4) is 0 Å². The van der Waals surface area contributed by atoms with Gasteiger partial charge in [-0.25, -0.2) is 22.8 Å². The van der Waals surface area contributed by atoms with E-state index in [-0.39, 0.29) is 22.9 Å². The fourth-order valence-electron chi connectivity index (χ4n) is 2.33. The molecule has 1 amide bonds. The van der Waals surface area contributed by atoms with Crippen molar-refractivity contribution in [1.82, 2.24) is 24.7 Å². The summed E-state index contributed by atoms with van der Waals surface area (Å²) in [5.41, 5.74) is 1.11. The predicted molar refractivity (Wildman–Crippen MR) is 95.6 cm³/mol. The van der Waals surface area contributed by atoms with Gasteiger partial charge < -0.3 is 4.74 Å². The maximum absolute atomic E-state index is 12.5. The van der Waals surface area contributed by atoms with E-state index in [0.717, 1.165) is 5.56 Å². The monoisotopic (exact) mass is 387 g/mol. The van der Waals surface area contributed by atoms with E-state index in [2.05, 4.69) is 15.3 Å². The van der Waals surface area contributed by atoms with Crippen LogP contribution >= 0.6 is 0 Å². The molecule has 0 radical (unpaired) electrons. The predicted octanol–water partition coefficient (Wildman–Crippen LogP) is 1.24. The van der Waals surface area contributed by atoms with Crippen LogP contribution in [0, 0.1) is 0 Å². The molecular formula is C17H17N5O4S. The zero-order valence-electron chi connectivity index (χ0n) is 14.4. The average molecular weight is 387 g/mol. The second-order valence-corrected chi connectivity index (χ2v) is 7.12. The highest BCUT2D eigenvalue weighted by Gasteiger charge is 2.23. The lowest BCUT2D eigenvalue weighted by molar-refractivity contribution is 0.0981. The molecule has 0 aliphatic heterocycles. The van der Waals surface area contributed by atoms with Crippen molar-refractivity contribution in [1.29, 1.82) is 0 Å². The van der Waals surface area contributed by atoms with Crippen LogP contribution in [0.4, 0.5) is 0 Å². The fraction of sp³-hybridized carbons (Fsp3) is 0.176. The van der Waals surface area contributed by atoms with Crippen LogP contribution in [-0.4, -0.2) is 40.9 Å². The Morgan fingerprint density at radius 1 is 1.19 bits per heavy atom. The first-order valence-corrected chi connectivity index (χ1v) is 9.56. The zero-order chi connectivity index (χ0) is 19.3. The molecule has 3 aromatic rings. The lowest BCUT2D eigenvalue weighted by atomic mass is 10.1. The Balaban J connectivity index is 1.74. The molecule has 0 aliphatic carbocycles. The summed E-state index contributed by atoms with van der Waals surface area (Å²) in [6.07, 6.45) is 4.71. The summed E-state index contributed by atoms with van der Waals surface area (Å²) in [5, 5.41) is 7.58. The molecule has 2 aromatic heterocycles. The number of pyridine rings is 1. The van der Waals surface area contributed by atoms with E-state index in [9.17, 15) is 13.2 Å². The molecule has 0 spiro atoms. The van der Waals surface area contributed by atoms with Crippen molar-refractivity contribution in [3.63, 3.8) is 0 Å². The smallest absolute Gasteiger partial charge is 0.269 e. The molecule has 0 saturated carbocycles. The number of ether oxygens (including phenoxy) is 1. The van der Waals surface area contributed by atoms with Gasteiger partial charge in [-0.05, 0) is 36.8 Å². The Bertz CT molecular complexity index is 1020. The van der Waals surface area contributed by atoms with Crippen LogP contribution in [0.1, 0.15) is 22.8 Å². The number of hydrogen-bond donors (Lipinski definition) is 1. The second kappa shape index (κ2) is 7.96. The van der Waals surface area contributed by atoms with Gasteiger partial charge in [-0.1, -0.05) is 17.3 Å². The summed E-state index contributed by atoms with van der Waals surface area (Å²) >= 11 is 0. The number of rotatable bonds is 7. The Labute approximate surface area is 156 Å². The highest BCUT2D eigenvalue weighted by Crippen LogP contribution is 2.20. The van der Waals surface area contributed by atoms with Crippen molar-refractivity contribution in [2.45, 2.75) is 18.4 Å². The minimum atomic E-state index is -4.12. The summed E-state index contributed by atoms with van der Waals surface area (Å²) in [6.45, 7) is 2.46. The number of sulfonamides is 1. The lowest BCUT2D eigenvalue weighted by Gasteiger charge is -2.11. The summed E-state index contributed by atoms with van der Waals surface area (Å²) in [6, 6.07) is 9.32. The van der Waals surface area contributed by atoms with Gasteiger partial charge in [0.2, 0.25) is 5.88 Å². The Morgan fingerprint density at radius 3 is 2.63 bits per heavy atom. The molecule has 3 rings (SSSR count). The van der Waals surface area contributed by atoms with Crippen LogP contribution in [0.2, 0.25) is 0 Å². The first-order chi connectivity index (χ1) is 13.0. The lowest BCUT2D eigenvalue weighted by Crippen LogP contribution is -2.31. The minimum Gasteiger partial charge on any atom is -0.477 e. The summed E-state index contributed by atoms with van der Waals surface area (Å²) in [7, 11) is -4.12. The van der Waals surface area contributed by atoms with Crippen LogP contribution in [0.5, 0.6) is 5.88 Å². The van der Waals surface area contributed by atoms with Gasteiger partial charge in [0, 0.05) is 18.0 Å². The maximum Gasteiger partial charge on any atom is 0.269 e. The highest BCUT2D eigenvalue weighted by atomic mass is 32.2. The molecule has 1 N–H and O–H groups in total. The van der Waals surface area contributed by atoms with Gasteiger partial charge in [-0.15, -0.1) is 5.10 Å². The number of carbonyl (C=O) groups excluding carboxylic acids is 1. The standard InChI is InChI=1S/C17H17N5O4S/c1-2-26-17-15(4-3-9-18-17)27(24,25)20-16(23)14-7-5-13(6-8-14)12-22-11-10-19-21-22/h3-11H,2,12H2,1H3,(H,20,23). The van der Waals surface area contributed by atoms with Gasteiger partial charge in [-0.3, -0.25) is 4.79 Å². The zero-order valence-corrected chi connectivity index (χ0v) is 15.3. The molecule has 10 heteroatoms. The van der Waals surface area contributed by atoms with Crippen molar-refractivity contribution in [3.8, 4) is 5.88 Å². The largest absolute Gasteiger partial charge is 0.477 e. The molecule has 0 aliphatic rings. The number of aromatic nitrogens is 4.